The molecule has 1 aliphatic heterocycles. The molecular formula is C21H24N2OS. The maximum atomic E-state index is 5.29. The first-order valence-electron chi connectivity index (χ1n) is 8.91. The predicted octanol–water partition coefficient (Wildman–Crippen LogP) is 4.67. The quantitative estimate of drug-likeness (QED) is 0.722. The summed E-state index contributed by atoms with van der Waals surface area (Å²) in [6, 6.07) is 18.2. The van der Waals surface area contributed by atoms with Crippen LogP contribution in [0.15, 0.2) is 53.9 Å². The van der Waals surface area contributed by atoms with Crippen LogP contribution in [0.3, 0.4) is 0 Å². The third-order valence-electron chi connectivity index (χ3n) is 5.03. The van der Waals surface area contributed by atoms with Crippen molar-refractivity contribution >= 4 is 27.1 Å². The van der Waals surface area contributed by atoms with Crippen LogP contribution in [-0.4, -0.2) is 26.2 Å². The van der Waals surface area contributed by atoms with Gasteiger partial charge < -0.3 is 15.0 Å². The lowest BCUT2D eigenvalue weighted by Crippen LogP contribution is -2.43. The Labute approximate surface area is 153 Å². The van der Waals surface area contributed by atoms with Gasteiger partial charge in [0.25, 0.3) is 0 Å². The van der Waals surface area contributed by atoms with Crippen molar-refractivity contribution in [3.05, 3.63) is 59.5 Å². The number of hydrogen-bond donors (Lipinski definition) is 1. The van der Waals surface area contributed by atoms with Gasteiger partial charge in [-0.3, -0.25) is 0 Å². The molecule has 0 bridgehead atoms. The molecule has 1 fully saturated rings. The first-order chi connectivity index (χ1) is 12.3. The highest BCUT2D eigenvalue weighted by atomic mass is 32.1. The first-order valence-corrected chi connectivity index (χ1v) is 9.79. The van der Waals surface area contributed by atoms with Crippen molar-refractivity contribution in [2.24, 2.45) is 0 Å². The molecule has 0 spiro atoms. The summed E-state index contributed by atoms with van der Waals surface area (Å²) in [4.78, 5) is 2.58. The molecule has 1 saturated heterocycles. The molecule has 1 aromatic heterocycles. The number of methoxy groups -OCH3 is 1. The van der Waals surface area contributed by atoms with Gasteiger partial charge in [0.2, 0.25) is 0 Å². The Morgan fingerprint density at radius 3 is 2.64 bits per heavy atom. The van der Waals surface area contributed by atoms with E-state index in [1.807, 2.05) is 11.3 Å². The van der Waals surface area contributed by atoms with Gasteiger partial charge in [0, 0.05) is 23.0 Å². The molecule has 1 N–H and O–H groups in total. The molecule has 0 unspecified atom stereocenters. The van der Waals surface area contributed by atoms with E-state index >= 15 is 0 Å². The molecule has 0 saturated carbocycles. The number of piperidine rings is 1. The lowest BCUT2D eigenvalue weighted by molar-refractivity contribution is 0.414. The van der Waals surface area contributed by atoms with Gasteiger partial charge in [0.1, 0.15) is 5.75 Å². The fourth-order valence-corrected chi connectivity index (χ4v) is 4.38. The molecule has 3 nitrogen and oxygen atoms in total. The molecule has 0 atom stereocenters. The summed E-state index contributed by atoms with van der Waals surface area (Å²) >= 11 is 1.81. The van der Waals surface area contributed by atoms with Crippen LogP contribution in [0.2, 0.25) is 0 Å². The molecule has 2 heterocycles. The van der Waals surface area contributed by atoms with E-state index in [9.17, 15) is 0 Å². The first kappa shape index (κ1) is 16.4. The van der Waals surface area contributed by atoms with E-state index in [-0.39, 0.29) is 0 Å². The van der Waals surface area contributed by atoms with Crippen LogP contribution < -0.4 is 15.0 Å². The van der Waals surface area contributed by atoms with Crippen LogP contribution in [-0.2, 0) is 6.54 Å². The number of nitrogens with zero attached hydrogens (tertiary/aromatic N) is 1. The number of ether oxygens (including phenoxy) is 1. The van der Waals surface area contributed by atoms with Crippen molar-refractivity contribution in [3.63, 3.8) is 0 Å². The van der Waals surface area contributed by atoms with Crippen molar-refractivity contribution < 1.29 is 4.74 Å². The molecule has 3 aromatic rings. The highest BCUT2D eigenvalue weighted by Crippen LogP contribution is 2.30. The molecule has 25 heavy (non-hydrogen) atoms. The number of fused-ring (bicyclic) bond motifs is 1. The van der Waals surface area contributed by atoms with Crippen molar-refractivity contribution in [1.29, 1.82) is 0 Å². The van der Waals surface area contributed by atoms with Crippen molar-refractivity contribution in [3.8, 4) is 5.75 Å². The highest BCUT2D eigenvalue weighted by Gasteiger charge is 2.22. The van der Waals surface area contributed by atoms with Crippen LogP contribution in [0, 0.1) is 0 Å². The minimum absolute atomic E-state index is 0.583. The maximum Gasteiger partial charge on any atom is 0.118 e. The van der Waals surface area contributed by atoms with E-state index in [1.54, 1.807) is 7.11 Å². The Kier molecular flexibility index (Phi) is 4.90. The Morgan fingerprint density at radius 1 is 1.08 bits per heavy atom. The number of anilines is 1. The minimum Gasteiger partial charge on any atom is -0.497 e. The second-order valence-electron chi connectivity index (χ2n) is 6.60. The summed E-state index contributed by atoms with van der Waals surface area (Å²) in [6.45, 7) is 3.14. The van der Waals surface area contributed by atoms with Crippen LogP contribution in [0.1, 0.15) is 18.4 Å². The van der Waals surface area contributed by atoms with Crippen LogP contribution in [0.4, 0.5) is 5.69 Å². The fraction of sp³-hybridized carbons (Fsp3) is 0.333. The summed E-state index contributed by atoms with van der Waals surface area (Å²) in [6.07, 6.45) is 2.38. The molecule has 2 aromatic carbocycles. The molecule has 4 rings (SSSR count). The summed E-state index contributed by atoms with van der Waals surface area (Å²) < 4.78 is 6.65. The van der Waals surface area contributed by atoms with Crippen LogP contribution >= 0.6 is 11.3 Å². The second kappa shape index (κ2) is 7.46. The third-order valence-corrected chi connectivity index (χ3v) is 5.93. The number of nitrogens with one attached hydrogen (secondary N) is 1. The van der Waals surface area contributed by atoms with E-state index in [0.717, 1.165) is 25.4 Å². The van der Waals surface area contributed by atoms with Gasteiger partial charge in [-0.05, 0) is 78.7 Å². The zero-order chi connectivity index (χ0) is 17.1. The second-order valence-corrected chi connectivity index (χ2v) is 7.55. The third kappa shape index (κ3) is 3.65. The summed E-state index contributed by atoms with van der Waals surface area (Å²) in [5.74, 6) is 0.914. The Balaban J connectivity index is 1.64. The number of rotatable bonds is 5. The topological polar surface area (TPSA) is 24.5 Å². The van der Waals surface area contributed by atoms with Gasteiger partial charge >= 0.3 is 0 Å². The monoisotopic (exact) mass is 352 g/mol. The lowest BCUT2D eigenvalue weighted by atomic mass is 10.0. The van der Waals surface area contributed by atoms with E-state index in [0.29, 0.717) is 6.04 Å². The Morgan fingerprint density at radius 2 is 1.88 bits per heavy atom. The molecule has 0 aliphatic carbocycles. The highest BCUT2D eigenvalue weighted by molar-refractivity contribution is 7.17. The molecule has 1 aliphatic rings. The molecule has 0 amide bonds. The predicted molar refractivity (Wildman–Crippen MR) is 107 cm³/mol. The number of thiophene rings is 1. The summed E-state index contributed by atoms with van der Waals surface area (Å²) in [5.41, 5.74) is 2.65. The molecular weight excluding hydrogens is 328 g/mol. The molecule has 4 heteroatoms. The van der Waals surface area contributed by atoms with E-state index < -0.39 is 0 Å². The van der Waals surface area contributed by atoms with E-state index in [1.165, 1.54) is 34.2 Å². The standard InChI is InChI=1S/C21H24N2OS/c1-24-20-5-2-16(3-6-20)15-23(18-8-11-22-12-9-18)19-4-7-21-17(14-19)10-13-25-21/h2-7,10,13-14,18,22H,8-9,11-12,15H2,1H3. The normalized spacial score (nSPS) is 15.4. The lowest BCUT2D eigenvalue weighted by Gasteiger charge is -2.36. The van der Waals surface area contributed by atoms with Gasteiger partial charge in [0.15, 0.2) is 0 Å². The van der Waals surface area contributed by atoms with Crippen LogP contribution in [0.5, 0.6) is 5.75 Å². The largest absolute Gasteiger partial charge is 0.497 e. The van der Waals surface area contributed by atoms with Gasteiger partial charge in [-0.25, -0.2) is 0 Å². The fourth-order valence-electron chi connectivity index (χ4n) is 3.61. The minimum atomic E-state index is 0.583. The van der Waals surface area contributed by atoms with Crippen LogP contribution in [0.25, 0.3) is 10.1 Å². The Bertz CT molecular complexity index is 821. The van der Waals surface area contributed by atoms with Crippen molar-refractivity contribution in [2.75, 3.05) is 25.1 Å². The summed E-state index contributed by atoms with van der Waals surface area (Å²) in [7, 11) is 1.71. The zero-order valence-electron chi connectivity index (χ0n) is 14.6. The Hall–Kier alpha value is -2.04. The van der Waals surface area contributed by atoms with Gasteiger partial charge in [0.05, 0.1) is 7.11 Å². The van der Waals surface area contributed by atoms with Gasteiger partial charge in [-0.2, -0.15) is 0 Å². The maximum absolute atomic E-state index is 5.29. The van der Waals surface area contributed by atoms with Crippen molar-refractivity contribution in [1.82, 2.24) is 5.32 Å². The van der Waals surface area contributed by atoms with Crippen molar-refractivity contribution in [2.45, 2.75) is 25.4 Å². The number of hydrogen-bond acceptors (Lipinski definition) is 4. The SMILES string of the molecule is COc1ccc(CN(c2ccc3sccc3c2)C2CCNCC2)cc1. The average molecular weight is 353 g/mol. The molecule has 130 valence electrons. The zero-order valence-corrected chi connectivity index (χ0v) is 15.4. The number of benzene rings is 2. The van der Waals surface area contributed by atoms with Gasteiger partial charge in [-0.15, -0.1) is 11.3 Å². The smallest absolute Gasteiger partial charge is 0.118 e. The van der Waals surface area contributed by atoms with E-state index in [2.05, 4.69) is 64.1 Å². The van der Waals surface area contributed by atoms with Gasteiger partial charge in [-0.1, -0.05) is 12.1 Å². The average Bonchev–Trinajstić information content (AvgIpc) is 3.15. The molecule has 0 radical (unpaired) electrons. The van der Waals surface area contributed by atoms with E-state index in [4.69, 9.17) is 4.74 Å². The summed E-state index contributed by atoms with van der Waals surface area (Å²) in [5, 5.41) is 7.00.